The van der Waals surface area contributed by atoms with Crippen LogP contribution in [0.5, 0.6) is 0 Å². The van der Waals surface area contributed by atoms with E-state index in [9.17, 15) is 4.79 Å². The molecule has 94 valence electrons. The Morgan fingerprint density at radius 1 is 1.61 bits per heavy atom. The molecule has 1 heterocycles. The summed E-state index contributed by atoms with van der Waals surface area (Å²) in [6.07, 6.45) is 0.681. The van der Waals surface area contributed by atoms with Gasteiger partial charge in [0, 0.05) is 13.1 Å². The summed E-state index contributed by atoms with van der Waals surface area (Å²) in [4.78, 5) is 13.3. The van der Waals surface area contributed by atoms with Crippen molar-refractivity contribution in [2.24, 2.45) is 5.41 Å². The molecule has 18 heavy (non-hydrogen) atoms. The van der Waals surface area contributed by atoms with Crippen LogP contribution in [0.4, 0.5) is 0 Å². The van der Waals surface area contributed by atoms with Crippen molar-refractivity contribution < 1.29 is 9.90 Å². The van der Waals surface area contributed by atoms with Gasteiger partial charge in [-0.15, -0.1) is 0 Å². The van der Waals surface area contributed by atoms with Gasteiger partial charge in [0.2, 0.25) is 0 Å². The predicted molar refractivity (Wildman–Crippen MR) is 66.8 cm³/mol. The number of nitrogens with zero attached hydrogens (tertiary/aromatic N) is 2. The Bertz CT molecular complexity index is 507. The van der Waals surface area contributed by atoms with Crippen molar-refractivity contribution in [2.75, 3.05) is 13.1 Å². The fourth-order valence-corrected chi connectivity index (χ4v) is 2.36. The molecular formula is C14H16N2O2. The molecule has 1 aromatic carbocycles. The van der Waals surface area contributed by atoms with Crippen LogP contribution >= 0.6 is 0 Å². The fraction of sp³-hybridized carbons (Fsp3) is 0.429. The largest absolute Gasteiger partial charge is 0.481 e. The van der Waals surface area contributed by atoms with Crippen LogP contribution in [-0.2, 0) is 11.3 Å². The summed E-state index contributed by atoms with van der Waals surface area (Å²) in [5, 5.41) is 18.0. The summed E-state index contributed by atoms with van der Waals surface area (Å²) in [5.74, 6) is -0.726. The van der Waals surface area contributed by atoms with Gasteiger partial charge in [-0.3, -0.25) is 9.69 Å². The van der Waals surface area contributed by atoms with Gasteiger partial charge in [-0.1, -0.05) is 12.1 Å². The van der Waals surface area contributed by atoms with E-state index in [1.54, 1.807) is 13.0 Å². The Morgan fingerprint density at radius 2 is 2.39 bits per heavy atom. The van der Waals surface area contributed by atoms with E-state index in [1.807, 2.05) is 18.2 Å². The van der Waals surface area contributed by atoms with E-state index in [0.29, 0.717) is 25.1 Å². The first kappa shape index (κ1) is 12.6. The number of nitriles is 1. The van der Waals surface area contributed by atoms with Gasteiger partial charge in [-0.2, -0.15) is 5.26 Å². The molecule has 4 nitrogen and oxygen atoms in total. The lowest BCUT2D eigenvalue weighted by molar-refractivity contribution is -0.147. The van der Waals surface area contributed by atoms with Gasteiger partial charge in [0.1, 0.15) is 0 Å². The van der Waals surface area contributed by atoms with Crippen molar-refractivity contribution in [3.8, 4) is 6.07 Å². The van der Waals surface area contributed by atoms with Gasteiger partial charge in [0.15, 0.2) is 0 Å². The zero-order valence-corrected chi connectivity index (χ0v) is 10.4. The lowest BCUT2D eigenvalue weighted by atomic mass is 9.90. The molecule has 1 aliphatic rings. The molecule has 0 radical (unpaired) electrons. The van der Waals surface area contributed by atoms with Crippen molar-refractivity contribution in [2.45, 2.75) is 19.9 Å². The zero-order valence-electron chi connectivity index (χ0n) is 10.4. The smallest absolute Gasteiger partial charge is 0.310 e. The molecule has 1 aromatic rings. The van der Waals surface area contributed by atoms with E-state index in [4.69, 9.17) is 10.4 Å². The van der Waals surface area contributed by atoms with Gasteiger partial charge >= 0.3 is 5.97 Å². The number of carbonyl (C=O) groups is 1. The van der Waals surface area contributed by atoms with Gasteiger partial charge in [0.05, 0.1) is 17.0 Å². The lowest BCUT2D eigenvalue weighted by Crippen LogP contribution is -2.31. The van der Waals surface area contributed by atoms with Crippen LogP contribution in [0.3, 0.4) is 0 Å². The topological polar surface area (TPSA) is 64.3 Å². The van der Waals surface area contributed by atoms with E-state index in [0.717, 1.165) is 12.1 Å². The number of carboxylic acids is 1. The van der Waals surface area contributed by atoms with Gasteiger partial charge in [-0.05, 0) is 37.6 Å². The highest BCUT2D eigenvalue weighted by atomic mass is 16.4. The van der Waals surface area contributed by atoms with Gasteiger partial charge in [0.25, 0.3) is 0 Å². The second-order valence-corrected chi connectivity index (χ2v) is 5.14. The van der Waals surface area contributed by atoms with Crippen LogP contribution in [0.25, 0.3) is 0 Å². The second-order valence-electron chi connectivity index (χ2n) is 5.14. The molecule has 1 fully saturated rings. The molecule has 0 aromatic heterocycles. The quantitative estimate of drug-likeness (QED) is 0.881. The normalized spacial score (nSPS) is 23.8. The third-order valence-corrected chi connectivity index (χ3v) is 3.53. The average molecular weight is 244 g/mol. The fourth-order valence-electron chi connectivity index (χ4n) is 2.36. The molecule has 0 aliphatic carbocycles. The molecule has 1 atom stereocenters. The predicted octanol–water partition coefficient (Wildman–Crippen LogP) is 1.85. The molecule has 2 rings (SSSR count). The first-order valence-corrected chi connectivity index (χ1v) is 5.98. The summed E-state index contributed by atoms with van der Waals surface area (Å²) < 4.78 is 0. The Morgan fingerprint density at radius 3 is 3.00 bits per heavy atom. The third kappa shape index (κ3) is 2.52. The standard InChI is InChI=1S/C14H16N2O2/c1-14(13(17)18)5-6-16(10-14)9-12-4-2-3-11(7-12)8-15/h2-4,7H,5-6,9-10H2,1H3,(H,17,18). The second kappa shape index (κ2) is 4.79. The molecule has 1 unspecified atom stereocenters. The van der Waals surface area contributed by atoms with E-state index < -0.39 is 11.4 Å². The van der Waals surface area contributed by atoms with E-state index in [2.05, 4.69) is 11.0 Å². The van der Waals surface area contributed by atoms with Crippen LogP contribution in [0.1, 0.15) is 24.5 Å². The minimum atomic E-state index is -0.726. The molecular weight excluding hydrogens is 228 g/mol. The Labute approximate surface area is 106 Å². The number of hydrogen-bond donors (Lipinski definition) is 1. The van der Waals surface area contributed by atoms with Crippen molar-refractivity contribution in [1.82, 2.24) is 4.90 Å². The van der Waals surface area contributed by atoms with E-state index >= 15 is 0 Å². The Hall–Kier alpha value is -1.86. The van der Waals surface area contributed by atoms with Gasteiger partial charge in [-0.25, -0.2) is 0 Å². The number of benzene rings is 1. The number of rotatable bonds is 3. The maximum atomic E-state index is 11.2. The molecule has 0 bridgehead atoms. The number of aliphatic carboxylic acids is 1. The molecule has 1 N–H and O–H groups in total. The average Bonchev–Trinajstić information content (AvgIpc) is 2.72. The van der Waals surface area contributed by atoms with Crippen LogP contribution in [0, 0.1) is 16.7 Å². The highest BCUT2D eigenvalue weighted by Crippen LogP contribution is 2.30. The molecule has 1 saturated heterocycles. The molecule has 0 spiro atoms. The molecule has 0 amide bonds. The van der Waals surface area contributed by atoms with E-state index in [-0.39, 0.29) is 0 Å². The van der Waals surface area contributed by atoms with Crippen molar-refractivity contribution in [1.29, 1.82) is 5.26 Å². The first-order chi connectivity index (χ1) is 8.53. The number of carboxylic acid groups (broad SMARTS) is 1. The molecule has 0 saturated carbocycles. The van der Waals surface area contributed by atoms with Crippen LogP contribution < -0.4 is 0 Å². The van der Waals surface area contributed by atoms with E-state index in [1.165, 1.54) is 0 Å². The van der Waals surface area contributed by atoms with Crippen molar-refractivity contribution in [3.05, 3.63) is 35.4 Å². The lowest BCUT2D eigenvalue weighted by Gasteiger charge is -2.20. The van der Waals surface area contributed by atoms with Crippen molar-refractivity contribution in [3.63, 3.8) is 0 Å². The highest BCUT2D eigenvalue weighted by Gasteiger charge is 2.40. The number of hydrogen-bond acceptors (Lipinski definition) is 3. The molecule has 4 heteroatoms. The monoisotopic (exact) mass is 244 g/mol. The summed E-state index contributed by atoms with van der Waals surface area (Å²) in [6.45, 7) is 3.86. The molecule has 1 aliphatic heterocycles. The summed E-state index contributed by atoms with van der Waals surface area (Å²) in [5.41, 5.74) is 1.07. The maximum Gasteiger partial charge on any atom is 0.310 e. The van der Waals surface area contributed by atoms with Crippen LogP contribution in [0.15, 0.2) is 24.3 Å². The number of likely N-dealkylation sites (tertiary alicyclic amines) is 1. The summed E-state index contributed by atoms with van der Waals surface area (Å²) in [6, 6.07) is 9.58. The zero-order chi connectivity index (χ0) is 13.2. The van der Waals surface area contributed by atoms with Crippen LogP contribution in [0.2, 0.25) is 0 Å². The van der Waals surface area contributed by atoms with Crippen LogP contribution in [-0.4, -0.2) is 29.1 Å². The minimum Gasteiger partial charge on any atom is -0.481 e. The maximum absolute atomic E-state index is 11.2. The third-order valence-electron chi connectivity index (χ3n) is 3.53. The highest BCUT2D eigenvalue weighted by molar-refractivity contribution is 5.74. The Kier molecular flexibility index (Phi) is 3.35. The van der Waals surface area contributed by atoms with Gasteiger partial charge < -0.3 is 5.11 Å². The summed E-state index contributed by atoms with van der Waals surface area (Å²) in [7, 11) is 0. The van der Waals surface area contributed by atoms with Crippen molar-refractivity contribution >= 4 is 5.97 Å². The Balaban J connectivity index is 2.04. The summed E-state index contributed by atoms with van der Waals surface area (Å²) >= 11 is 0. The SMILES string of the molecule is CC1(C(=O)O)CCN(Cc2cccc(C#N)c2)C1. The first-order valence-electron chi connectivity index (χ1n) is 5.98. The minimum absolute atomic E-state index is 0.569.